The van der Waals surface area contributed by atoms with Crippen LogP contribution in [0.3, 0.4) is 0 Å². The Morgan fingerprint density at radius 1 is 1.40 bits per heavy atom. The standard InChI is InChI=1S/C4H6O6/c5-2(6)1-3(7)10-4(8)9/h2,5-6H,1H2,(H,8,9). The van der Waals surface area contributed by atoms with Gasteiger partial charge in [-0.1, -0.05) is 0 Å². The molecule has 0 saturated heterocycles. The first kappa shape index (κ1) is 8.86. The normalized spacial score (nSPS) is 9.50. The molecule has 0 bridgehead atoms. The monoisotopic (exact) mass is 150 g/mol. The zero-order chi connectivity index (χ0) is 8.15. The minimum Gasteiger partial charge on any atom is -0.449 e. The lowest BCUT2D eigenvalue weighted by Gasteiger charge is -1.99. The molecule has 10 heavy (non-hydrogen) atoms. The summed E-state index contributed by atoms with van der Waals surface area (Å²) in [5.74, 6) is -1.19. The first-order valence-corrected chi connectivity index (χ1v) is 2.32. The zero-order valence-corrected chi connectivity index (χ0v) is 4.85. The highest BCUT2D eigenvalue weighted by molar-refractivity contribution is 5.80. The molecule has 0 radical (unpaired) electrons. The Morgan fingerprint density at radius 3 is 2.20 bits per heavy atom. The number of hydrogen-bond acceptors (Lipinski definition) is 5. The molecule has 0 amide bonds. The maximum Gasteiger partial charge on any atom is 0.513 e. The van der Waals surface area contributed by atoms with Gasteiger partial charge in [0.1, 0.15) is 0 Å². The average molecular weight is 150 g/mol. The third kappa shape index (κ3) is 5.01. The molecule has 3 N–H and O–H groups in total. The van der Waals surface area contributed by atoms with Gasteiger partial charge in [0, 0.05) is 0 Å². The molecular formula is C4H6O6. The minimum atomic E-state index is -1.87. The van der Waals surface area contributed by atoms with Crippen molar-refractivity contribution in [1.29, 1.82) is 0 Å². The minimum absolute atomic E-state index is 0.744. The fraction of sp³-hybridized carbons (Fsp3) is 0.500. The van der Waals surface area contributed by atoms with E-state index in [0.717, 1.165) is 0 Å². The van der Waals surface area contributed by atoms with Gasteiger partial charge in [0.25, 0.3) is 0 Å². The number of ether oxygens (including phenoxy) is 1. The number of esters is 1. The Balaban J connectivity index is 3.54. The van der Waals surface area contributed by atoms with Gasteiger partial charge in [-0.05, 0) is 0 Å². The summed E-state index contributed by atoms with van der Waals surface area (Å²) in [4.78, 5) is 19.7. The number of carbonyl (C=O) groups excluding carboxylic acids is 1. The van der Waals surface area contributed by atoms with Crippen molar-refractivity contribution in [3.63, 3.8) is 0 Å². The van der Waals surface area contributed by atoms with Gasteiger partial charge in [-0.15, -0.1) is 0 Å². The van der Waals surface area contributed by atoms with Gasteiger partial charge in [-0.25, -0.2) is 4.79 Å². The van der Waals surface area contributed by atoms with Gasteiger partial charge in [-0.2, -0.15) is 0 Å². The second-order valence-electron chi connectivity index (χ2n) is 1.42. The van der Waals surface area contributed by atoms with Crippen LogP contribution in [0.1, 0.15) is 6.42 Å². The van der Waals surface area contributed by atoms with E-state index >= 15 is 0 Å². The number of carboxylic acid groups (broad SMARTS) is 1. The molecule has 0 fully saturated rings. The fourth-order valence-corrected chi connectivity index (χ4v) is 0.288. The molecule has 0 heterocycles. The molecule has 0 aliphatic rings. The summed E-state index contributed by atoms with van der Waals surface area (Å²) >= 11 is 0. The van der Waals surface area contributed by atoms with Crippen molar-refractivity contribution in [1.82, 2.24) is 0 Å². The largest absolute Gasteiger partial charge is 0.513 e. The molecule has 0 aliphatic carbocycles. The molecule has 0 aromatic carbocycles. The molecule has 0 rings (SSSR count). The van der Waals surface area contributed by atoms with Crippen LogP contribution in [0.4, 0.5) is 4.79 Å². The first-order chi connectivity index (χ1) is 4.52. The molecule has 6 nitrogen and oxygen atoms in total. The number of hydrogen-bond donors (Lipinski definition) is 3. The fourth-order valence-electron chi connectivity index (χ4n) is 0.288. The third-order valence-corrected chi connectivity index (χ3v) is 0.550. The summed E-state index contributed by atoms with van der Waals surface area (Å²) in [5.41, 5.74) is 0. The Labute approximate surface area is 55.7 Å². The summed E-state index contributed by atoms with van der Waals surface area (Å²) in [7, 11) is 0. The molecule has 0 unspecified atom stereocenters. The molecule has 0 aromatic rings. The van der Waals surface area contributed by atoms with Crippen LogP contribution >= 0.6 is 0 Å². The second kappa shape index (κ2) is 3.80. The zero-order valence-electron chi connectivity index (χ0n) is 4.85. The molecule has 0 spiro atoms. The average Bonchev–Trinajstić information content (AvgIpc) is 1.58. The summed E-state index contributed by atoms with van der Waals surface area (Å²) in [6.45, 7) is 0. The summed E-state index contributed by atoms with van der Waals surface area (Å²) < 4.78 is 3.52. The third-order valence-electron chi connectivity index (χ3n) is 0.550. The van der Waals surface area contributed by atoms with Crippen LogP contribution in [0.15, 0.2) is 0 Å². The predicted octanol–water partition coefficient (Wildman–Crippen LogP) is -1.09. The Hall–Kier alpha value is -1.14. The molecule has 0 aromatic heterocycles. The van der Waals surface area contributed by atoms with Crippen molar-refractivity contribution in [3.05, 3.63) is 0 Å². The van der Waals surface area contributed by atoms with Gasteiger partial charge >= 0.3 is 12.1 Å². The van der Waals surface area contributed by atoms with Crippen molar-refractivity contribution < 1.29 is 29.6 Å². The molecule has 0 atom stereocenters. The van der Waals surface area contributed by atoms with E-state index in [0.29, 0.717) is 0 Å². The quantitative estimate of drug-likeness (QED) is 0.262. The maximum absolute atomic E-state index is 10.1. The van der Waals surface area contributed by atoms with Crippen molar-refractivity contribution in [2.75, 3.05) is 0 Å². The number of carbonyl (C=O) groups is 2. The van der Waals surface area contributed by atoms with E-state index in [1.165, 1.54) is 0 Å². The van der Waals surface area contributed by atoms with E-state index in [4.69, 9.17) is 15.3 Å². The molecule has 58 valence electrons. The van der Waals surface area contributed by atoms with E-state index in [2.05, 4.69) is 4.74 Å². The SMILES string of the molecule is O=C(O)OC(=O)CC(O)O. The Morgan fingerprint density at radius 2 is 1.90 bits per heavy atom. The molecule has 0 aliphatic heterocycles. The van der Waals surface area contributed by atoms with Crippen molar-refractivity contribution in [3.8, 4) is 0 Å². The van der Waals surface area contributed by atoms with E-state index in [1.807, 2.05) is 0 Å². The second-order valence-corrected chi connectivity index (χ2v) is 1.42. The maximum atomic E-state index is 10.1. The highest BCUT2D eigenvalue weighted by atomic mass is 16.7. The first-order valence-electron chi connectivity index (χ1n) is 2.32. The van der Waals surface area contributed by atoms with Crippen LogP contribution in [0.5, 0.6) is 0 Å². The van der Waals surface area contributed by atoms with Crippen LogP contribution in [0.2, 0.25) is 0 Å². The van der Waals surface area contributed by atoms with Crippen LogP contribution in [0.25, 0.3) is 0 Å². The van der Waals surface area contributed by atoms with Gasteiger partial charge in [0.05, 0.1) is 6.42 Å². The number of rotatable bonds is 2. The van der Waals surface area contributed by atoms with E-state index in [-0.39, 0.29) is 0 Å². The molecule has 0 saturated carbocycles. The topological polar surface area (TPSA) is 104 Å². The summed E-state index contributed by atoms with van der Waals surface area (Å²) in [6, 6.07) is 0. The van der Waals surface area contributed by atoms with Gasteiger partial charge in [0.15, 0.2) is 6.29 Å². The number of aliphatic hydroxyl groups is 2. The molecular weight excluding hydrogens is 144 g/mol. The van der Waals surface area contributed by atoms with E-state index < -0.39 is 24.8 Å². The van der Waals surface area contributed by atoms with Crippen LogP contribution in [0, 0.1) is 0 Å². The lowest BCUT2D eigenvalue weighted by Crippen LogP contribution is -2.17. The van der Waals surface area contributed by atoms with E-state index in [1.54, 1.807) is 0 Å². The predicted molar refractivity (Wildman–Crippen MR) is 27.0 cm³/mol. The van der Waals surface area contributed by atoms with Crippen molar-refractivity contribution in [2.24, 2.45) is 0 Å². The van der Waals surface area contributed by atoms with Gasteiger partial charge in [0.2, 0.25) is 0 Å². The number of aliphatic hydroxyl groups excluding tert-OH is 1. The highest BCUT2D eigenvalue weighted by Gasteiger charge is 2.11. The highest BCUT2D eigenvalue weighted by Crippen LogP contribution is 1.90. The smallest absolute Gasteiger partial charge is 0.449 e. The van der Waals surface area contributed by atoms with Crippen molar-refractivity contribution >= 4 is 12.1 Å². The van der Waals surface area contributed by atoms with Crippen molar-refractivity contribution in [2.45, 2.75) is 12.7 Å². The summed E-state index contributed by atoms with van der Waals surface area (Å²) in [6.07, 6.45) is -4.37. The van der Waals surface area contributed by atoms with Gasteiger partial charge < -0.3 is 20.1 Å². The van der Waals surface area contributed by atoms with Crippen LogP contribution in [-0.4, -0.2) is 33.7 Å². The van der Waals surface area contributed by atoms with E-state index in [9.17, 15) is 9.59 Å². The Kier molecular flexibility index (Phi) is 3.37. The summed E-state index contributed by atoms with van der Waals surface area (Å²) in [5, 5.41) is 24.0. The lowest BCUT2D eigenvalue weighted by atomic mass is 10.4. The Bertz CT molecular complexity index is 139. The lowest BCUT2D eigenvalue weighted by molar-refractivity contribution is -0.147. The van der Waals surface area contributed by atoms with Crippen LogP contribution < -0.4 is 0 Å². The van der Waals surface area contributed by atoms with Crippen LogP contribution in [-0.2, 0) is 9.53 Å². The van der Waals surface area contributed by atoms with Gasteiger partial charge in [-0.3, -0.25) is 4.79 Å². The molecule has 6 heteroatoms.